The van der Waals surface area contributed by atoms with Crippen molar-refractivity contribution in [3.8, 4) is 6.07 Å². The summed E-state index contributed by atoms with van der Waals surface area (Å²) in [5.41, 5.74) is 1.66. The molecule has 1 aromatic carbocycles. The molecule has 0 atom stereocenters. The molecule has 2 rings (SSSR count). The highest BCUT2D eigenvalue weighted by Crippen LogP contribution is 2.26. The fourth-order valence-electron chi connectivity index (χ4n) is 1.77. The van der Waals surface area contributed by atoms with E-state index in [2.05, 4.69) is 39.4 Å². The summed E-state index contributed by atoms with van der Waals surface area (Å²) in [5, 5.41) is 12.6. The maximum Gasteiger partial charge on any atom is 0.102 e. The van der Waals surface area contributed by atoms with Gasteiger partial charge in [-0.1, -0.05) is 6.07 Å². The minimum atomic E-state index is 0.738. The summed E-state index contributed by atoms with van der Waals surface area (Å²) in [4.78, 5) is 2.35. The monoisotopic (exact) mass is 352 g/mol. The number of nitrogens with zero attached hydrogens (tertiary/aromatic N) is 1. The lowest BCUT2D eigenvalue weighted by molar-refractivity contribution is 1.04. The van der Waals surface area contributed by atoms with E-state index in [-0.39, 0.29) is 0 Å². The topological polar surface area (TPSA) is 35.8 Å². The zero-order chi connectivity index (χ0) is 13.7. The molecule has 0 amide bonds. The summed E-state index contributed by atoms with van der Waals surface area (Å²) in [5.74, 6) is 0. The lowest BCUT2D eigenvalue weighted by Crippen LogP contribution is -2.05. The highest BCUT2D eigenvalue weighted by Gasteiger charge is 2.06. The van der Waals surface area contributed by atoms with Gasteiger partial charge in [-0.2, -0.15) is 5.26 Å². The first kappa shape index (κ1) is 14.4. The van der Waals surface area contributed by atoms with Gasteiger partial charge in [-0.25, -0.2) is 0 Å². The fraction of sp³-hybridized carbons (Fsp3) is 0.214. The quantitative estimate of drug-likeness (QED) is 0.788. The smallest absolute Gasteiger partial charge is 0.102 e. The number of halogens is 1. The average molecular weight is 353 g/mol. The Morgan fingerprint density at radius 2 is 2.21 bits per heavy atom. The third kappa shape index (κ3) is 3.75. The Balaban J connectivity index is 2.02. The van der Waals surface area contributed by atoms with Gasteiger partial charge in [0.25, 0.3) is 0 Å². The van der Waals surface area contributed by atoms with Crippen LogP contribution in [0.15, 0.2) is 39.0 Å². The summed E-state index contributed by atoms with van der Waals surface area (Å²) in [6.07, 6.45) is 2.95. The normalized spacial score (nSPS) is 10.2. The van der Waals surface area contributed by atoms with Gasteiger partial charge in [-0.05, 0) is 52.9 Å². The molecule has 98 valence electrons. The Labute approximate surface area is 130 Å². The van der Waals surface area contributed by atoms with E-state index in [0.29, 0.717) is 0 Å². The second-order valence-corrected chi connectivity index (χ2v) is 7.27. The van der Waals surface area contributed by atoms with Crippen molar-refractivity contribution >= 4 is 44.7 Å². The van der Waals surface area contributed by atoms with Crippen molar-refractivity contribution in [3.05, 3.63) is 44.6 Å². The minimum Gasteiger partial charge on any atom is -0.384 e. The van der Waals surface area contributed by atoms with Gasteiger partial charge in [0.1, 0.15) is 6.07 Å². The van der Waals surface area contributed by atoms with Crippen LogP contribution in [0.3, 0.4) is 0 Å². The van der Waals surface area contributed by atoms with Gasteiger partial charge in [0, 0.05) is 16.3 Å². The fourth-order valence-corrected chi connectivity index (χ4v) is 3.83. The van der Waals surface area contributed by atoms with Crippen LogP contribution in [0.25, 0.3) is 0 Å². The number of nitriles is 1. The van der Waals surface area contributed by atoms with Crippen LogP contribution in [0.1, 0.15) is 10.4 Å². The van der Waals surface area contributed by atoms with Crippen LogP contribution < -0.4 is 5.32 Å². The number of benzene rings is 1. The third-order valence-electron chi connectivity index (χ3n) is 2.67. The standard InChI is InChI=1S/C14H13BrN2S2/c1-18-13-4-2-3-12(11(13)9-16)17-8-7-10-5-6-14(15)19-10/h2-6,17H,7-8H2,1H3. The van der Waals surface area contributed by atoms with Gasteiger partial charge in [0.2, 0.25) is 0 Å². The van der Waals surface area contributed by atoms with E-state index in [9.17, 15) is 5.26 Å². The van der Waals surface area contributed by atoms with Crippen molar-refractivity contribution in [2.75, 3.05) is 18.1 Å². The molecular weight excluding hydrogens is 340 g/mol. The molecule has 0 bridgehead atoms. The SMILES string of the molecule is CSc1cccc(NCCc2ccc(Br)s2)c1C#N. The molecule has 2 nitrogen and oxygen atoms in total. The van der Waals surface area contributed by atoms with E-state index in [1.807, 2.05) is 24.5 Å². The van der Waals surface area contributed by atoms with Crippen molar-refractivity contribution < 1.29 is 0 Å². The molecule has 2 aromatic rings. The molecule has 1 N–H and O–H groups in total. The maximum absolute atomic E-state index is 9.24. The molecule has 19 heavy (non-hydrogen) atoms. The van der Waals surface area contributed by atoms with E-state index < -0.39 is 0 Å². The summed E-state index contributed by atoms with van der Waals surface area (Å²) < 4.78 is 1.16. The highest BCUT2D eigenvalue weighted by atomic mass is 79.9. The number of thiophene rings is 1. The van der Waals surface area contributed by atoms with Gasteiger partial charge in [0.05, 0.1) is 15.0 Å². The first-order valence-electron chi connectivity index (χ1n) is 5.80. The van der Waals surface area contributed by atoms with Crippen LogP contribution in [0.5, 0.6) is 0 Å². The van der Waals surface area contributed by atoms with Gasteiger partial charge < -0.3 is 5.32 Å². The lowest BCUT2D eigenvalue weighted by Gasteiger charge is -2.09. The van der Waals surface area contributed by atoms with E-state index in [1.165, 1.54) is 4.88 Å². The van der Waals surface area contributed by atoms with Crippen molar-refractivity contribution in [2.45, 2.75) is 11.3 Å². The van der Waals surface area contributed by atoms with Gasteiger partial charge >= 0.3 is 0 Å². The van der Waals surface area contributed by atoms with E-state index in [1.54, 1.807) is 23.1 Å². The number of thioether (sulfide) groups is 1. The van der Waals surface area contributed by atoms with Crippen LogP contribution in [-0.2, 0) is 6.42 Å². The summed E-state index contributed by atoms with van der Waals surface area (Å²) in [6, 6.07) is 12.4. The molecule has 0 aliphatic heterocycles. The molecule has 0 saturated carbocycles. The van der Waals surface area contributed by atoms with Gasteiger partial charge in [-0.3, -0.25) is 0 Å². The largest absolute Gasteiger partial charge is 0.384 e. The Hall–Kier alpha value is -0.960. The minimum absolute atomic E-state index is 0.738. The number of nitrogens with one attached hydrogen (secondary N) is 1. The van der Waals surface area contributed by atoms with Crippen molar-refractivity contribution in [1.82, 2.24) is 0 Å². The molecule has 0 aliphatic rings. The van der Waals surface area contributed by atoms with E-state index in [0.717, 1.165) is 32.9 Å². The second-order valence-electron chi connectivity index (χ2n) is 3.88. The number of hydrogen-bond acceptors (Lipinski definition) is 4. The van der Waals surface area contributed by atoms with Gasteiger partial charge in [-0.15, -0.1) is 23.1 Å². The molecule has 1 heterocycles. The molecular formula is C14H13BrN2S2. The second kappa shape index (κ2) is 6.99. The number of hydrogen-bond donors (Lipinski definition) is 1. The van der Waals surface area contributed by atoms with Crippen LogP contribution in [-0.4, -0.2) is 12.8 Å². The van der Waals surface area contributed by atoms with Crippen molar-refractivity contribution in [1.29, 1.82) is 5.26 Å². The van der Waals surface area contributed by atoms with E-state index >= 15 is 0 Å². The number of rotatable bonds is 5. The molecule has 0 radical (unpaired) electrons. The molecule has 0 fully saturated rings. The van der Waals surface area contributed by atoms with Crippen molar-refractivity contribution in [2.24, 2.45) is 0 Å². The summed E-state index contributed by atoms with van der Waals surface area (Å²) in [7, 11) is 0. The predicted molar refractivity (Wildman–Crippen MR) is 87.2 cm³/mol. The van der Waals surface area contributed by atoms with Crippen LogP contribution in [0.4, 0.5) is 5.69 Å². The zero-order valence-electron chi connectivity index (χ0n) is 10.4. The molecule has 0 unspecified atom stereocenters. The van der Waals surface area contributed by atoms with Crippen LogP contribution >= 0.6 is 39.0 Å². The lowest BCUT2D eigenvalue weighted by atomic mass is 10.2. The number of anilines is 1. The molecule has 1 aromatic heterocycles. The molecule has 0 aliphatic carbocycles. The molecule has 0 saturated heterocycles. The zero-order valence-corrected chi connectivity index (χ0v) is 13.7. The summed E-state index contributed by atoms with van der Waals surface area (Å²) >= 11 is 6.81. The molecule has 5 heteroatoms. The highest BCUT2D eigenvalue weighted by molar-refractivity contribution is 9.11. The Bertz CT molecular complexity index is 602. The Morgan fingerprint density at radius 3 is 2.84 bits per heavy atom. The first-order valence-corrected chi connectivity index (χ1v) is 8.63. The predicted octanol–water partition coefficient (Wildman–Crippen LogP) is 4.76. The maximum atomic E-state index is 9.24. The molecule has 0 spiro atoms. The van der Waals surface area contributed by atoms with Crippen LogP contribution in [0.2, 0.25) is 0 Å². The first-order chi connectivity index (χ1) is 9.24. The third-order valence-corrected chi connectivity index (χ3v) is 5.14. The summed E-state index contributed by atoms with van der Waals surface area (Å²) in [6.45, 7) is 0.833. The van der Waals surface area contributed by atoms with Crippen LogP contribution in [0, 0.1) is 11.3 Å². The van der Waals surface area contributed by atoms with E-state index in [4.69, 9.17) is 0 Å². The van der Waals surface area contributed by atoms with Gasteiger partial charge in [0.15, 0.2) is 0 Å². The Kier molecular flexibility index (Phi) is 5.32. The average Bonchev–Trinajstić information content (AvgIpc) is 2.84. The Morgan fingerprint density at radius 1 is 1.37 bits per heavy atom. The van der Waals surface area contributed by atoms with Crippen molar-refractivity contribution in [3.63, 3.8) is 0 Å².